The van der Waals surface area contributed by atoms with Crippen molar-refractivity contribution in [3.05, 3.63) is 59.7 Å². The monoisotopic (exact) mass is 290 g/mol. The maximum absolute atomic E-state index is 5.74. The topological polar surface area (TPSA) is 18.5 Å². The Bertz CT molecular complexity index is 506. The van der Waals surface area contributed by atoms with Gasteiger partial charge in [0.2, 0.25) is 0 Å². The Morgan fingerprint density at radius 2 is 1.30 bits per heavy atom. The smallest absolute Gasteiger partial charge is 0.119 e. The highest BCUT2D eigenvalue weighted by molar-refractivity contribution is 6.17. The van der Waals surface area contributed by atoms with Gasteiger partial charge in [0, 0.05) is 12.3 Å². The minimum Gasteiger partial charge on any atom is -0.493 e. The van der Waals surface area contributed by atoms with Crippen molar-refractivity contribution in [2.24, 2.45) is 0 Å². The molecular weight excluding hydrogens is 272 g/mol. The van der Waals surface area contributed by atoms with Crippen molar-refractivity contribution < 1.29 is 9.47 Å². The first-order chi connectivity index (χ1) is 9.78. The molecular formula is C17H19ClO2. The third-order valence-corrected chi connectivity index (χ3v) is 3.23. The van der Waals surface area contributed by atoms with E-state index in [1.54, 1.807) is 0 Å². The molecule has 0 N–H and O–H groups in total. The summed E-state index contributed by atoms with van der Waals surface area (Å²) in [4.78, 5) is 0. The van der Waals surface area contributed by atoms with Crippen molar-refractivity contribution in [1.82, 2.24) is 0 Å². The van der Waals surface area contributed by atoms with Crippen molar-refractivity contribution in [2.45, 2.75) is 19.2 Å². The Hall–Kier alpha value is -1.67. The van der Waals surface area contributed by atoms with E-state index in [0.29, 0.717) is 19.1 Å². The van der Waals surface area contributed by atoms with E-state index in [2.05, 4.69) is 6.92 Å². The molecule has 0 saturated heterocycles. The summed E-state index contributed by atoms with van der Waals surface area (Å²) < 4.78 is 11.3. The van der Waals surface area contributed by atoms with Crippen molar-refractivity contribution in [2.75, 3.05) is 13.2 Å². The predicted molar refractivity (Wildman–Crippen MR) is 82.8 cm³/mol. The number of hydrogen-bond donors (Lipinski definition) is 0. The first kappa shape index (κ1) is 14.7. The highest BCUT2D eigenvalue weighted by Crippen LogP contribution is 2.14. The number of benzene rings is 2. The number of alkyl halides is 1. The summed E-state index contributed by atoms with van der Waals surface area (Å²) in [6.07, 6.45) is 0.852. The molecule has 0 bridgehead atoms. The van der Waals surface area contributed by atoms with Gasteiger partial charge < -0.3 is 9.47 Å². The van der Waals surface area contributed by atoms with E-state index in [0.717, 1.165) is 23.5 Å². The van der Waals surface area contributed by atoms with Crippen molar-refractivity contribution >= 4 is 11.6 Å². The van der Waals surface area contributed by atoms with E-state index in [1.807, 2.05) is 48.5 Å². The van der Waals surface area contributed by atoms with Crippen LogP contribution in [-0.4, -0.2) is 13.2 Å². The molecule has 0 radical (unpaired) electrons. The molecule has 0 aliphatic heterocycles. The molecule has 0 amide bonds. The van der Waals surface area contributed by atoms with Crippen LogP contribution in [0.1, 0.15) is 17.5 Å². The van der Waals surface area contributed by atoms with Gasteiger partial charge in [0.25, 0.3) is 0 Å². The van der Waals surface area contributed by atoms with Gasteiger partial charge in [-0.1, -0.05) is 29.8 Å². The minimum atomic E-state index is 0.532. The van der Waals surface area contributed by atoms with Crippen LogP contribution in [0.3, 0.4) is 0 Å². The summed E-state index contributed by atoms with van der Waals surface area (Å²) >= 11 is 5.74. The van der Waals surface area contributed by atoms with E-state index in [4.69, 9.17) is 21.1 Å². The van der Waals surface area contributed by atoms with Crippen molar-refractivity contribution in [3.8, 4) is 11.5 Å². The van der Waals surface area contributed by atoms with Crippen LogP contribution >= 0.6 is 11.6 Å². The van der Waals surface area contributed by atoms with Crippen LogP contribution in [0.15, 0.2) is 48.5 Å². The Balaban J connectivity index is 1.64. The third kappa shape index (κ3) is 4.78. The number of halogens is 1. The van der Waals surface area contributed by atoms with Crippen LogP contribution in [0.5, 0.6) is 11.5 Å². The number of hydrogen-bond acceptors (Lipinski definition) is 2. The van der Waals surface area contributed by atoms with Gasteiger partial charge in [0.05, 0.1) is 13.2 Å². The molecule has 0 fully saturated rings. The Morgan fingerprint density at radius 3 is 1.80 bits per heavy atom. The van der Waals surface area contributed by atoms with Crippen LogP contribution in [0, 0.1) is 6.92 Å². The van der Waals surface area contributed by atoms with E-state index in [9.17, 15) is 0 Å². The summed E-state index contributed by atoms with van der Waals surface area (Å²) in [7, 11) is 0. The quantitative estimate of drug-likeness (QED) is 0.549. The maximum Gasteiger partial charge on any atom is 0.119 e. The zero-order valence-electron chi connectivity index (χ0n) is 11.6. The molecule has 0 aliphatic carbocycles. The first-order valence-electron chi connectivity index (χ1n) is 6.75. The summed E-state index contributed by atoms with van der Waals surface area (Å²) in [5.74, 6) is 2.31. The molecule has 0 unspecified atom stereocenters. The SMILES string of the molecule is Cc1ccc(OCCCOc2ccc(CCl)cc2)cc1. The average Bonchev–Trinajstić information content (AvgIpc) is 2.49. The van der Waals surface area contributed by atoms with Gasteiger partial charge in [-0.15, -0.1) is 11.6 Å². The lowest BCUT2D eigenvalue weighted by atomic mass is 10.2. The van der Waals surface area contributed by atoms with Gasteiger partial charge >= 0.3 is 0 Å². The maximum atomic E-state index is 5.74. The van der Waals surface area contributed by atoms with Crippen LogP contribution in [-0.2, 0) is 5.88 Å². The summed E-state index contributed by atoms with van der Waals surface area (Å²) in [5, 5.41) is 0. The molecule has 2 aromatic rings. The molecule has 0 atom stereocenters. The third-order valence-electron chi connectivity index (χ3n) is 2.92. The number of aryl methyl sites for hydroxylation is 1. The molecule has 106 valence electrons. The Kier molecular flexibility index (Phi) is 5.75. The molecule has 0 aromatic heterocycles. The van der Waals surface area contributed by atoms with Gasteiger partial charge in [-0.05, 0) is 36.8 Å². The predicted octanol–water partition coefficient (Wildman–Crippen LogP) is 4.58. The normalized spacial score (nSPS) is 10.3. The first-order valence-corrected chi connectivity index (χ1v) is 7.28. The fraction of sp³-hybridized carbons (Fsp3) is 0.294. The summed E-state index contributed by atoms with van der Waals surface area (Å²) in [6.45, 7) is 3.36. The van der Waals surface area contributed by atoms with E-state index in [1.165, 1.54) is 5.56 Å². The van der Waals surface area contributed by atoms with E-state index in [-0.39, 0.29) is 0 Å². The molecule has 3 heteroatoms. The molecule has 2 aromatic carbocycles. The molecule has 20 heavy (non-hydrogen) atoms. The van der Waals surface area contributed by atoms with Crippen LogP contribution in [0.4, 0.5) is 0 Å². The largest absolute Gasteiger partial charge is 0.493 e. The lowest BCUT2D eigenvalue weighted by Gasteiger charge is -2.08. The zero-order valence-corrected chi connectivity index (χ0v) is 12.4. The second kappa shape index (κ2) is 7.81. The lowest BCUT2D eigenvalue weighted by Crippen LogP contribution is -2.05. The minimum absolute atomic E-state index is 0.532. The molecule has 2 rings (SSSR count). The Labute approximate surface area is 125 Å². The van der Waals surface area contributed by atoms with Gasteiger partial charge in [-0.25, -0.2) is 0 Å². The van der Waals surface area contributed by atoms with Crippen LogP contribution < -0.4 is 9.47 Å². The van der Waals surface area contributed by atoms with Crippen LogP contribution in [0.2, 0.25) is 0 Å². The Morgan fingerprint density at radius 1 is 0.800 bits per heavy atom. The van der Waals surface area contributed by atoms with Crippen molar-refractivity contribution in [1.29, 1.82) is 0 Å². The molecule has 2 nitrogen and oxygen atoms in total. The number of rotatable bonds is 7. The fourth-order valence-electron chi connectivity index (χ4n) is 1.75. The molecule has 0 heterocycles. The highest BCUT2D eigenvalue weighted by Gasteiger charge is 1.96. The summed E-state index contributed by atoms with van der Waals surface area (Å²) in [5.41, 5.74) is 2.34. The number of ether oxygens (including phenoxy) is 2. The van der Waals surface area contributed by atoms with Gasteiger partial charge in [-0.2, -0.15) is 0 Å². The molecule has 0 saturated carbocycles. The molecule has 0 aliphatic rings. The van der Waals surface area contributed by atoms with Gasteiger partial charge in [-0.3, -0.25) is 0 Å². The van der Waals surface area contributed by atoms with Gasteiger partial charge in [0.1, 0.15) is 11.5 Å². The molecule has 0 spiro atoms. The average molecular weight is 291 g/mol. The highest BCUT2D eigenvalue weighted by atomic mass is 35.5. The zero-order chi connectivity index (χ0) is 14.2. The fourth-order valence-corrected chi connectivity index (χ4v) is 1.93. The van der Waals surface area contributed by atoms with E-state index >= 15 is 0 Å². The van der Waals surface area contributed by atoms with Gasteiger partial charge in [0.15, 0.2) is 0 Å². The lowest BCUT2D eigenvalue weighted by molar-refractivity contribution is 0.247. The summed E-state index contributed by atoms with van der Waals surface area (Å²) in [6, 6.07) is 15.9. The van der Waals surface area contributed by atoms with E-state index < -0.39 is 0 Å². The standard InChI is InChI=1S/C17H19ClO2/c1-14-3-7-16(8-4-14)19-11-2-12-20-17-9-5-15(13-18)6-10-17/h3-10H,2,11-13H2,1H3. The van der Waals surface area contributed by atoms with Crippen molar-refractivity contribution in [3.63, 3.8) is 0 Å². The van der Waals surface area contributed by atoms with Crippen LogP contribution in [0.25, 0.3) is 0 Å². The second-order valence-electron chi connectivity index (χ2n) is 4.64. The second-order valence-corrected chi connectivity index (χ2v) is 4.91.